The molecule has 0 radical (unpaired) electrons. The molecule has 3 heterocycles. The van der Waals surface area contributed by atoms with E-state index in [0.29, 0.717) is 33.1 Å². The van der Waals surface area contributed by atoms with Crippen LogP contribution in [0.5, 0.6) is 11.5 Å². The molecule has 5 nitrogen and oxygen atoms in total. The highest BCUT2D eigenvalue weighted by molar-refractivity contribution is 6.21. The fourth-order valence-electron chi connectivity index (χ4n) is 6.12. The van der Waals surface area contributed by atoms with Crippen LogP contribution in [0.1, 0.15) is 69.6 Å². The topological polar surface area (TPSA) is 55.8 Å². The lowest BCUT2D eigenvalue weighted by molar-refractivity contribution is -0.128. The second-order valence-electron chi connectivity index (χ2n) is 11.1. The van der Waals surface area contributed by atoms with Crippen molar-refractivity contribution in [3.63, 3.8) is 0 Å². The van der Waals surface area contributed by atoms with Crippen LogP contribution < -0.4 is 24.8 Å². The van der Waals surface area contributed by atoms with Gasteiger partial charge in [-0.1, -0.05) is 69.0 Å². The van der Waals surface area contributed by atoms with Crippen molar-refractivity contribution in [1.82, 2.24) is 0 Å². The van der Waals surface area contributed by atoms with Crippen LogP contribution >= 0.6 is 0 Å². The molecular formula is C33H33NO4. The summed E-state index contributed by atoms with van der Waals surface area (Å²) >= 11 is 0. The maximum Gasteiger partial charge on any atom is 0.344 e. The highest BCUT2D eigenvalue weighted by atomic mass is 16.5. The van der Waals surface area contributed by atoms with E-state index in [0.717, 1.165) is 24.1 Å². The number of hydrogen-bond donors (Lipinski definition) is 0. The summed E-state index contributed by atoms with van der Waals surface area (Å²) in [4.78, 5) is 28.4. The normalized spacial score (nSPS) is 16.9. The summed E-state index contributed by atoms with van der Waals surface area (Å²) in [6.07, 6.45) is 7.22. The minimum absolute atomic E-state index is 0.0309. The first-order valence-corrected chi connectivity index (χ1v) is 13.7. The molecule has 194 valence electrons. The number of fused-ring (bicyclic) bond motifs is 3. The molecule has 38 heavy (non-hydrogen) atoms. The lowest BCUT2D eigenvalue weighted by atomic mass is 9.96. The molecule has 3 aromatic carbocycles. The standard InChI is InChI=1S/C33H33NO4/c1-4-5-6-7-11-16-34-26-15-14-22(17-23(26)20-33(34,2)3)30-25-19-27-24(18-28(25)38-32(30)36)29(31(35)37-27)21-12-9-8-10-13-21/h8-10,12-15,17-19H,4-7,11,16,20H2,1-3H3. The van der Waals surface area contributed by atoms with Crippen LogP contribution in [0.25, 0.3) is 11.1 Å². The lowest BCUT2D eigenvalue weighted by Gasteiger charge is -2.34. The van der Waals surface area contributed by atoms with E-state index in [1.807, 2.05) is 36.4 Å². The van der Waals surface area contributed by atoms with Gasteiger partial charge in [0.05, 0.1) is 11.1 Å². The van der Waals surface area contributed by atoms with Gasteiger partial charge in [0.25, 0.3) is 0 Å². The van der Waals surface area contributed by atoms with Gasteiger partial charge in [-0.05, 0) is 67.6 Å². The van der Waals surface area contributed by atoms with Crippen molar-refractivity contribution in [3.05, 3.63) is 87.8 Å². The number of ether oxygens (including phenoxy) is 2. The molecule has 0 fully saturated rings. The molecule has 3 aromatic rings. The molecule has 0 atom stereocenters. The number of anilines is 1. The van der Waals surface area contributed by atoms with Crippen LogP contribution in [0.15, 0.2) is 60.7 Å². The molecule has 5 heteroatoms. The maximum atomic E-state index is 13.1. The Labute approximate surface area is 223 Å². The number of carbonyl (C=O) groups excluding carboxylic acids is 2. The third-order valence-corrected chi connectivity index (χ3v) is 7.99. The molecule has 0 saturated heterocycles. The molecule has 0 unspecified atom stereocenters. The summed E-state index contributed by atoms with van der Waals surface area (Å²) in [5, 5.41) is 1.32. The van der Waals surface area contributed by atoms with E-state index < -0.39 is 5.97 Å². The lowest BCUT2D eigenvalue weighted by Crippen LogP contribution is -2.41. The zero-order valence-electron chi connectivity index (χ0n) is 22.3. The van der Waals surface area contributed by atoms with Crippen LogP contribution in [0, 0.1) is 0 Å². The van der Waals surface area contributed by atoms with Crippen LogP contribution in [-0.4, -0.2) is 24.0 Å². The molecule has 3 aliphatic heterocycles. The number of esters is 2. The fourth-order valence-corrected chi connectivity index (χ4v) is 6.12. The van der Waals surface area contributed by atoms with E-state index in [2.05, 4.69) is 37.8 Å². The van der Waals surface area contributed by atoms with Gasteiger partial charge in [-0.25, -0.2) is 9.59 Å². The molecule has 6 rings (SSSR count). The third kappa shape index (κ3) is 4.10. The molecule has 0 N–H and O–H groups in total. The van der Waals surface area contributed by atoms with Crippen molar-refractivity contribution < 1.29 is 19.1 Å². The zero-order chi connectivity index (χ0) is 26.4. The van der Waals surface area contributed by atoms with Crippen LogP contribution in [0.2, 0.25) is 0 Å². The van der Waals surface area contributed by atoms with E-state index in [1.165, 1.54) is 43.4 Å². The van der Waals surface area contributed by atoms with Gasteiger partial charge in [-0.15, -0.1) is 0 Å². The number of carbonyl (C=O) groups is 2. The molecular weight excluding hydrogens is 474 g/mol. The van der Waals surface area contributed by atoms with Gasteiger partial charge in [0.2, 0.25) is 0 Å². The Balaban J connectivity index is 1.38. The summed E-state index contributed by atoms with van der Waals surface area (Å²) < 4.78 is 11.4. The second-order valence-corrected chi connectivity index (χ2v) is 11.1. The van der Waals surface area contributed by atoms with Crippen molar-refractivity contribution in [1.29, 1.82) is 0 Å². The van der Waals surface area contributed by atoms with E-state index >= 15 is 0 Å². The van der Waals surface area contributed by atoms with Crippen LogP contribution in [0.3, 0.4) is 0 Å². The van der Waals surface area contributed by atoms with E-state index in [-0.39, 0.29) is 11.5 Å². The average Bonchev–Trinajstić information content (AvgIpc) is 3.47. The summed E-state index contributed by atoms with van der Waals surface area (Å²) in [6, 6.07) is 19.3. The Morgan fingerprint density at radius 3 is 2.05 bits per heavy atom. The molecule has 0 aromatic heterocycles. The minimum Gasteiger partial charge on any atom is -0.422 e. The third-order valence-electron chi connectivity index (χ3n) is 7.99. The van der Waals surface area contributed by atoms with Gasteiger partial charge in [-0.3, -0.25) is 0 Å². The minimum atomic E-state index is -0.391. The fraction of sp³-hybridized carbons (Fsp3) is 0.333. The number of benzene rings is 3. The van der Waals surface area contributed by atoms with E-state index in [9.17, 15) is 9.59 Å². The van der Waals surface area contributed by atoms with Crippen molar-refractivity contribution >= 4 is 28.8 Å². The van der Waals surface area contributed by atoms with E-state index in [1.54, 1.807) is 12.1 Å². The van der Waals surface area contributed by atoms with Gasteiger partial charge < -0.3 is 14.4 Å². The number of nitrogens with zero attached hydrogens (tertiary/aromatic N) is 1. The smallest absolute Gasteiger partial charge is 0.344 e. The van der Waals surface area contributed by atoms with Gasteiger partial charge in [0.15, 0.2) is 0 Å². The number of rotatable bonds is 8. The van der Waals surface area contributed by atoms with Crippen molar-refractivity contribution in [2.24, 2.45) is 0 Å². The largest absolute Gasteiger partial charge is 0.422 e. The first-order valence-electron chi connectivity index (χ1n) is 13.7. The summed E-state index contributed by atoms with van der Waals surface area (Å²) in [6.45, 7) is 7.88. The van der Waals surface area contributed by atoms with Crippen molar-refractivity contribution in [2.75, 3.05) is 11.4 Å². The van der Waals surface area contributed by atoms with Crippen LogP contribution in [-0.2, 0) is 16.0 Å². The molecule has 0 spiro atoms. The zero-order valence-corrected chi connectivity index (χ0v) is 22.3. The first-order chi connectivity index (χ1) is 18.4. The molecule has 0 bridgehead atoms. The molecule has 0 amide bonds. The quantitative estimate of drug-likeness (QED) is 0.243. The molecule has 0 aliphatic carbocycles. The Morgan fingerprint density at radius 2 is 1.39 bits per heavy atom. The average molecular weight is 508 g/mol. The summed E-state index contributed by atoms with van der Waals surface area (Å²) in [5.74, 6) is 0.156. The predicted octanol–water partition coefficient (Wildman–Crippen LogP) is 5.03. The van der Waals surface area contributed by atoms with Crippen molar-refractivity contribution in [3.8, 4) is 11.5 Å². The van der Waals surface area contributed by atoms with Gasteiger partial charge in [-0.2, -0.15) is 0 Å². The van der Waals surface area contributed by atoms with Crippen LogP contribution in [0.4, 0.5) is 5.69 Å². The molecule has 0 saturated carbocycles. The Bertz CT molecular complexity index is 1570. The first kappa shape index (κ1) is 24.5. The van der Waals surface area contributed by atoms with Gasteiger partial charge in [0, 0.05) is 28.2 Å². The summed E-state index contributed by atoms with van der Waals surface area (Å²) in [7, 11) is 0. The second kappa shape index (κ2) is 9.46. The van der Waals surface area contributed by atoms with Gasteiger partial charge >= 0.3 is 11.9 Å². The van der Waals surface area contributed by atoms with Crippen molar-refractivity contribution in [2.45, 2.75) is 64.8 Å². The summed E-state index contributed by atoms with van der Waals surface area (Å²) in [5.41, 5.74) is 5.16. The predicted molar refractivity (Wildman–Crippen MR) is 149 cm³/mol. The van der Waals surface area contributed by atoms with Gasteiger partial charge in [0.1, 0.15) is 11.5 Å². The Hall–Kier alpha value is -3.86. The molecule has 3 aliphatic rings. The SMILES string of the molecule is CCCCCCCN1c2ccc(C3=c4cc5c(cc4OC3=O)=C(c3ccccc3)C(=O)O5)cc2CC1(C)C. The maximum absolute atomic E-state index is 13.1. The van der Waals surface area contributed by atoms with E-state index in [4.69, 9.17) is 9.47 Å². The Kier molecular flexibility index (Phi) is 6.10. The highest BCUT2D eigenvalue weighted by Crippen LogP contribution is 2.40. The monoisotopic (exact) mass is 507 g/mol. The number of unbranched alkanes of at least 4 members (excludes halogenated alkanes) is 4. The highest BCUT2D eigenvalue weighted by Gasteiger charge is 2.37. The number of hydrogen-bond acceptors (Lipinski definition) is 5. The Morgan fingerprint density at radius 1 is 0.763 bits per heavy atom.